The van der Waals surface area contributed by atoms with Crippen LogP contribution >= 0.6 is 0 Å². The molecule has 2 aromatic rings. The van der Waals surface area contributed by atoms with E-state index < -0.39 is 26.7 Å². The third kappa shape index (κ3) is 5.96. The number of hydrogen-bond acceptors (Lipinski definition) is 4. The summed E-state index contributed by atoms with van der Waals surface area (Å²) in [6, 6.07) is 10.4. The summed E-state index contributed by atoms with van der Waals surface area (Å²) in [5, 5.41) is 7.81. The molecule has 1 fully saturated rings. The van der Waals surface area contributed by atoms with Crippen molar-refractivity contribution >= 4 is 15.7 Å². The van der Waals surface area contributed by atoms with Gasteiger partial charge in [-0.2, -0.15) is 13.2 Å². The molecular weight excluding hydrogens is 415 g/mol. The van der Waals surface area contributed by atoms with Crippen LogP contribution in [0.15, 0.2) is 47.4 Å². The summed E-state index contributed by atoms with van der Waals surface area (Å²) in [6.45, 7) is 3.00. The summed E-state index contributed by atoms with van der Waals surface area (Å²) in [7, 11) is -4.23. The maximum atomic E-state index is 13.5. The van der Waals surface area contributed by atoms with Gasteiger partial charge in [-0.15, -0.1) is 0 Å². The molecule has 1 aliphatic heterocycles. The van der Waals surface area contributed by atoms with Gasteiger partial charge in [0, 0.05) is 18.8 Å². The topological polar surface area (TPSA) is 75.4 Å². The zero-order valence-corrected chi connectivity index (χ0v) is 17.4. The molecule has 2 aromatic carbocycles. The van der Waals surface area contributed by atoms with Gasteiger partial charge < -0.3 is 5.32 Å². The maximum absolute atomic E-state index is 13.5. The zero-order valence-electron chi connectivity index (χ0n) is 16.6. The SMILES string of the molecule is NS(=O)(=O)c1ccc(NCc2ccccc2CN2CCCCCC2)c(C(F)(F)F)c1. The van der Waals surface area contributed by atoms with Crippen molar-refractivity contribution in [3.05, 3.63) is 59.2 Å². The first-order chi connectivity index (χ1) is 14.1. The normalized spacial score (nSPS) is 16.3. The Morgan fingerprint density at radius 2 is 1.60 bits per heavy atom. The highest BCUT2D eigenvalue weighted by Crippen LogP contribution is 2.36. The molecule has 0 unspecified atom stereocenters. The minimum Gasteiger partial charge on any atom is -0.380 e. The maximum Gasteiger partial charge on any atom is 0.418 e. The number of rotatable bonds is 6. The molecule has 3 N–H and O–H groups in total. The monoisotopic (exact) mass is 441 g/mol. The number of benzene rings is 2. The average Bonchev–Trinajstić information content (AvgIpc) is 2.94. The summed E-state index contributed by atoms with van der Waals surface area (Å²) >= 11 is 0. The van der Waals surface area contributed by atoms with E-state index in [1.165, 1.54) is 12.8 Å². The van der Waals surface area contributed by atoms with Gasteiger partial charge in [-0.25, -0.2) is 13.6 Å². The van der Waals surface area contributed by atoms with E-state index in [1.54, 1.807) is 0 Å². The van der Waals surface area contributed by atoms with Crippen molar-refractivity contribution < 1.29 is 21.6 Å². The second-order valence-electron chi connectivity index (χ2n) is 7.56. The van der Waals surface area contributed by atoms with Crippen LogP contribution in [-0.2, 0) is 29.3 Å². The minimum atomic E-state index is -4.71. The number of nitrogens with two attached hydrogens (primary N) is 1. The number of hydrogen-bond donors (Lipinski definition) is 2. The van der Waals surface area contributed by atoms with Crippen LogP contribution in [0.4, 0.5) is 18.9 Å². The fraction of sp³-hybridized carbons (Fsp3) is 0.429. The van der Waals surface area contributed by atoms with Gasteiger partial charge in [0.25, 0.3) is 0 Å². The lowest BCUT2D eigenvalue weighted by Gasteiger charge is -2.22. The molecule has 0 atom stereocenters. The largest absolute Gasteiger partial charge is 0.418 e. The molecule has 3 rings (SSSR count). The molecule has 1 heterocycles. The summed E-state index contributed by atoms with van der Waals surface area (Å²) in [4.78, 5) is 1.82. The quantitative estimate of drug-likeness (QED) is 0.699. The fourth-order valence-corrected chi connectivity index (χ4v) is 4.24. The highest BCUT2D eigenvalue weighted by molar-refractivity contribution is 7.89. The second kappa shape index (κ2) is 9.36. The Labute approximate surface area is 175 Å². The number of sulfonamides is 1. The van der Waals surface area contributed by atoms with Crippen LogP contribution in [0.1, 0.15) is 42.4 Å². The van der Waals surface area contributed by atoms with Crippen molar-refractivity contribution in [1.82, 2.24) is 4.90 Å². The third-order valence-corrected chi connectivity index (χ3v) is 6.22. The highest BCUT2D eigenvalue weighted by atomic mass is 32.2. The lowest BCUT2D eigenvalue weighted by atomic mass is 10.1. The number of anilines is 1. The molecule has 0 bridgehead atoms. The van der Waals surface area contributed by atoms with Gasteiger partial charge in [-0.05, 0) is 55.3 Å². The van der Waals surface area contributed by atoms with E-state index in [4.69, 9.17) is 5.14 Å². The Morgan fingerprint density at radius 3 is 2.20 bits per heavy atom. The fourth-order valence-electron chi connectivity index (χ4n) is 3.70. The molecule has 1 saturated heterocycles. The molecule has 0 aliphatic carbocycles. The number of likely N-dealkylation sites (tertiary alicyclic amines) is 1. The first kappa shape index (κ1) is 22.6. The van der Waals surface area contributed by atoms with E-state index in [9.17, 15) is 21.6 Å². The Bertz CT molecular complexity index is 970. The van der Waals surface area contributed by atoms with Crippen molar-refractivity contribution in [3.63, 3.8) is 0 Å². The smallest absolute Gasteiger partial charge is 0.380 e. The Morgan fingerprint density at radius 1 is 0.967 bits per heavy atom. The third-order valence-electron chi connectivity index (χ3n) is 5.31. The molecule has 9 heteroatoms. The van der Waals surface area contributed by atoms with E-state index in [0.29, 0.717) is 6.07 Å². The first-order valence-corrected chi connectivity index (χ1v) is 11.5. The van der Waals surface area contributed by atoms with Crippen LogP contribution in [0.5, 0.6) is 0 Å². The summed E-state index contributed by atoms with van der Waals surface area (Å²) < 4.78 is 63.4. The Hall–Kier alpha value is -2.10. The molecule has 164 valence electrons. The predicted molar refractivity (Wildman–Crippen MR) is 110 cm³/mol. The molecule has 5 nitrogen and oxygen atoms in total. The van der Waals surface area contributed by atoms with Crippen molar-refractivity contribution in [3.8, 4) is 0 Å². The van der Waals surface area contributed by atoms with Crippen LogP contribution in [0.25, 0.3) is 0 Å². The Balaban J connectivity index is 1.80. The molecule has 0 spiro atoms. The molecule has 0 aromatic heterocycles. The second-order valence-corrected chi connectivity index (χ2v) is 9.12. The lowest BCUT2D eigenvalue weighted by molar-refractivity contribution is -0.137. The summed E-state index contributed by atoms with van der Waals surface area (Å²) in [6.07, 6.45) is 0.0645. The number of primary sulfonamides is 1. The Kier molecular flexibility index (Phi) is 7.05. The van der Waals surface area contributed by atoms with Crippen LogP contribution in [0.2, 0.25) is 0 Å². The van der Waals surface area contributed by atoms with Crippen LogP contribution in [0.3, 0.4) is 0 Å². The molecule has 0 saturated carbocycles. The van der Waals surface area contributed by atoms with Crippen LogP contribution in [0, 0.1) is 0 Å². The van der Waals surface area contributed by atoms with E-state index in [0.717, 1.165) is 55.7 Å². The van der Waals surface area contributed by atoms with Gasteiger partial charge in [0.15, 0.2) is 0 Å². The van der Waals surface area contributed by atoms with E-state index in [1.807, 2.05) is 24.3 Å². The number of nitrogens with zero attached hydrogens (tertiary/aromatic N) is 1. The van der Waals surface area contributed by atoms with Gasteiger partial charge in [0.1, 0.15) is 0 Å². The average molecular weight is 442 g/mol. The van der Waals surface area contributed by atoms with Gasteiger partial charge in [0.2, 0.25) is 10.0 Å². The van der Waals surface area contributed by atoms with Crippen LogP contribution in [-0.4, -0.2) is 26.4 Å². The van der Waals surface area contributed by atoms with Crippen LogP contribution < -0.4 is 10.5 Å². The zero-order chi connectivity index (χ0) is 21.8. The highest BCUT2D eigenvalue weighted by Gasteiger charge is 2.34. The molecule has 0 amide bonds. The lowest BCUT2D eigenvalue weighted by Crippen LogP contribution is -2.24. The van der Waals surface area contributed by atoms with Gasteiger partial charge in [-0.3, -0.25) is 4.90 Å². The molecular formula is C21H26F3N3O2S. The van der Waals surface area contributed by atoms with Gasteiger partial charge in [-0.1, -0.05) is 37.1 Å². The minimum absolute atomic E-state index is 0.181. The van der Waals surface area contributed by atoms with Gasteiger partial charge >= 0.3 is 6.18 Å². The molecule has 30 heavy (non-hydrogen) atoms. The van der Waals surface area contributed by atoms with E-state index >= 15 is 0 Å². The summed E-state index contributed by atoms with van der Waals surface area (Å²) in [5.74, 6) is 0. The number of alkyl halides is 3. The first-order valence-electron chi connectivity index (χ1n) is 9.91. The van der Waals surface area contributed by atoms with E-state index in [2.05, 4.69) is 10.2 Å². The standard InChI is InChI=1S/C21H26F3N3O2S/c22-21(23,24)19-13-18(30(25,28)29)9-10-20(19)26-14-16-7-3-4-8-17(16)15-27-11-5-1-2-6-12-27/h3-4,7-10,13,26H,1-2,5-6,11-12,14-15H2,(H2,25,28,29). The van der Waals surface area contributed by atoms with Gasteiger partial charge in [0.05, 0.1) is 10.5 Å². The number of halogens is 3. The molecule has 0 radical (unpaired) electrons. The predicted octanol–water partition coefficient (Wildman–Crippen LogP) is 4.34. The van der Waals surface area contributed by atoms with Crippen molar-refractivity contribution in [2.45, 2.75) is 49.8 Å². The molecule has 1 aliphatic rings. The van der Waals surface area contributed by atoms with Crippen molar-refractivity contribution in [1.29, 1.82) is 0 Å². The van der Waals surface area contributed by atoms with Crippen molar-refractivity contribution in [2.24, 2.45) is 5.14 Å². The number of nitrogens with one attached hydrogen (secondary N) is 1. The van der Waals surface area contributed by atoms with E-state index in [-0.39, 0.29) is 12.2 Å². The van der Waals surface area contributed by atoms with Crippen molar-refractivity contribution in [2.75, 3.05) is 18.4 Å². The summed E-state index contributed by atoms with van der Waals surface area (Å²) in [5.41, 5.74) is 0.741.